The summed E-state index contributed by atoms with van der Waals surface area (Å²) < 4.78 is 6.94. The predicted octanol–water partition coefficient (Wildman–Crippen LogP) is 6.51. The van der Waals surface area contributed by atoms with E-state index < -0.39 is 0 Å². The van der Waals surface area contributed by atoms with Crippen molar-refractivity contribution in [3.05, 3.63) is 93.6 Å². The minimum absolute atomic E-state index is 0.247. The Morgan fingerprint density at radius 1 is 1.06 bits per heavy atom. The Morgan fingerprint density at radius 3 is 2.52 bits per heavy atom. The molecule has 0 bridgehead atoms. The molecule has 1 amide bonds. The van der Waals surface area contributed by atoms with Crippen molar-refractivity contribution in [2.45, 2.75) is 26.7 Å². The Morgan fingerprint density at radius 2 is 1.84 bits per heavy atom. The second-order valence-corrected chi connectivity index (χ2v) is 8.60. The largest absolute Gasteiger partial charge is 0.438 e. The SMILES string of the molecule is Cc1ccc(NC(=O)c2cc3cc(Br)ccc3oc2=Nc2ccc(C(C)C)cc2)nc1. The van der Waals surface area contributed by atoms with Crippen LogP contribution in [0.25, 0.3) is 11.0 Å². The summed E-state index contributed by atoms with van der Waals surface area (Å²) in [7, 11) is 0. The van der Waals surface area contributed by atoms with Gasteiger partial charge in [-0.1, -0.05) is 48.0 Å². The third-order valence-electron chi connectivity index (χ3n) is 4.90. The Labute approximate surface area is 189 Å². The van der Waals surface area contributed by atoms with Crippen LogP contribution < -0.4 is 10.9 Å². The number of anilines is 1. The normalized spacial score (nSPS) is 11.8. The van der Waals surface area contributed by atoms with Gasteiger partial charge in [0.2, 0.25) is 5.55 Å². The molecule has 0 radical (unpaired) electrons. The van der Waals surface area contributed by atoms with Gasteiger partial charge in [-0.3, -0.25) is 4.79 Å². The van der Waals surface area contributed by atoms with Gasteiger partial charge in [-0.2, -0.15) is 0 Å². The third-order valence-corrected chi connectivity index (χ3v) is 5.39. The topological polar surface area (TPSA) is 67.5 Å². The Balaban J connectivity index is 1.81. The van der Waals surface area contributed by atoms with Crippen molar-refractivity contribution in [2.24, 2.45) is 4.99 Å². The van der Waals surface area contributed by atoms with Crippen molar-refractivity contribution in [3.8, 4) is 0 Å². The van der Waals surface area contributed by atoms with Gasteiger partial charge in [0.15, 0.2) is 0 Å². The molecule has 2 aromatic heterocycles. The summed E-state index contributed by atoms with van der Waals surface area (Å²) >= 11 is 3.47. The first kappa shape index (κ1) is 21.0. The molecule has 0 saturated carbocycles. The van der Waals surface area contributed by atoms with E-state index in [1.165, 1.54) is 5.56 Å². The number of halogens is 1. The lowest BCUT2D eigenvalue weighted by atomic mass is 10.0. The van der Waals surface area contributed by atoms with E-state index in [1.807, 2.05) is 55.5 Å². The fourth-order valence-electron chi connectivity index (χ4n) is 3.12. The number of pyridine rings is 1. The summed E-state index contributed by atoms with van der Waals surface area (Å²) in [5.74, 6) is 0.568. The summed E-state index contributed by atoms with van der Waals surface area (Å²) in [6, 6.07) is 19.0. The Hall–Kier alpha value is -3.25. The van der Waals surface area contributed by atoms with Crippen LogP contribution in [0.2, 0.25) is 0 Å². The van der Waals surface area contributed by atoms with E-state index in [2.05, 4.69) is 45.1 Å². The summed E-state index contributed by atoms with van der Waals surface area (Å²) in [6.07, 6.45) is 1.71. The zero-order chi connectivity index (χ0) is 22.0. The van der Waals surface area contributed by atoms with E-state index >= 15 is 0 Å². The van der Waals surface area contributed by atoms with Crippen LogP contribution in [0.4, 0.5) is 11.5 Å². The second-order valence-electron chi connectivity index (χ2n) is 7.68. The van der Waals surface area contributed by atoms with Crippen LogP contribution in [0, 0.1) is 6.92 Å². The molecule has 0 unspecified atom stereocenters. The number of rotatable bonds is 4. The zero-order valence-corrected chi connectivity index (χ0v) is 19.1. The molecular weight excluding hydrogens is 454 g/mol. The summed E-state index contributed by atoms with van der Waals surface area (Å²) in [4.78, 5) is 22.0. The molecule has 0 atom stereocenters. The van der Waals surface area contributed by atoms with E-state index in [9.17, 15) is 4.79 Å². The first-order valence-electron chi connectivity index (χ1n) is 10.0. The minimum atomic E-state index is -0.334. The van der Waals surface area contributed by atoms with Crippen molar-refractivity contribution in [1.29, 1.82) is 0 Å². The van der Waals surface area contributed by atoms with Gasteiger partial charge in [0.05, 0.1) is 5.69 Å². The molecule has 156 valence electrons. The van der Waals surface area contributed by atoms with Crippen LogP contribution in [0.5, 0.6) is 0 Å². The maximum absolute atomic E-state index is 13.1. The molecule has 0 aliphatic carbocycles. The first-order valence-corrected chi connectivity index (χ1v) is 10.8. The van der Waals surface area contributed by atoms with Crippen LogP contribution in [0.15, 0.2) is 80.7 Å². The molecule has 0 aliphatic rings. The van der Waals surface area contributed by atoms with Crippen molar-refractivity contribution in [1.82, 2.24) is 4.98 Å². The third kappa shape index (κ3) is 4.91. The summed E-state index contributed by atoms with van der Waals surface area (Å²) in [5, 5.41) is 3.63. The Bertz CT molecular complexity index is 1310. The van der Waals surface area contributed by atoms with E-state index in [0.29, 0.717) is 28.6 Å². The van der Waals surface area contributed by atoms with Gasteiger partial charge >= 0.3 is 0 Å². The van der Waals surface area contributed by atoms with Crippen molar-refractivity contribution in [2.75, 3.05) is 5.32 Å². The number of nitrogens with one attached hydrogen (secondary N) is 1. The van der Waals surface area contributed by atoms with Crippen LogP contribution in [0.1, 0.15) is 41.3 Å². The van der Waals surface area contributed by atoms with E-state index in [4.69, 9.17) is 4.42 Å². The highest BCUT2D eigenvalue weighted by atomic mass is 79.9. The number of nitrogens with zero attached hydrogens (tertiary/aromatic N) is 2. The van der Waals surface area contributed by atoms with Gasteiger partial charge in [0, 0.05) is 16.1 Å². The highest BCUT2D eigenvalue weighted by Crippen LogP contribution is 2.22. The average Bonchev–Trinajstić information content (AvgIpc) is 2.75. The quantitative estimate of drug-likeness (QED) is 0.365. The zero-order valence-electron chi connectivity index (χ0n) is 17.5. The summed E-state index contributed by atoms with van der Waals surface area (Å²) in [6.45, 7) is 6.23. The molecule has 0 fully saturated rings. The van der Waals surface area contributed by atoms with Crippen LogP contribution in [-0.2, 0) is 0 Å². The van der Waals surface area contributed by atoms with E-state index in [-0.39, 0.29) is 11.5 Å². The number of fused-ring (bicyclic) bond motifs is 1. The summed E-state index contributed by atoms with van der Waals surface area (Å²) in [5.41, 5.74) is 4.18. The first-order chi connectivity index (χ1) is 14.9. The molecule has 1 N–H and O–H groups in total. The lowest BCUT2D eigenvalue weighted by Gasteiger charge is -2.08. The molecule has 2 heterocycles. The fraction of sp³-hybridized carbons (Fsp3) is 0.160. The lowest BCUT2D eigenvalue weighted by molar-refractivity contribution is 0.102. The number of carbonyl (C=O) groups is 1. The van der Waals surface area contributed by atoms with Gasteiger partial charge in [-0.15, -0.1) is 0 Å². The second kappa shape index (κ2) is 8.86. The number of aryl methyl sites for hydroxylation is 1. The molecule has 5 nitrogen and oxygen atoms in total. The highest BCUT2D eigenvalue weighted by Gasteiger charge is 2.14. The molecule has 31 heavy (non-hydrogen) atoms. The standard InChI is InChI=1S/C25H22BrN3O2/c1-15(2)17-5-8-20(9-6-17)28-25-21(13-18-12-19(26)7-10-22(18)31-25)24(30)29-23-11-4-16(3)14-27-23/h4-15H,1-3H3,(H,27,29,30). The average molecular weight is 476 g/mol. The van der Waals surface area contributed by atoms with Gasteiger partial charge in [0.25, 0.3) is 5.91 Å². The minimum Gasteiger partial charge on any atom is -0.438 e. The molecule has 0 aliphatic heterocycles. The van der Waals surface area contributed by atoms with Crippen molar-refractivity contribution < 1.29 is 9.21 Å². The monoisotopic (exact) mass is 475 g/mol. The number of carbonyl (C=O) groups excluding carboxylic acids is 1. The maximum atomic E-state index is 13.1. The number of hydrogen-bond acceptors (Lipinski definition) is 4. The number of aromatic nitrogens is 1. The lowest BCUT2D eigenvalue weighted by Crippen LogP contribution is -2.22. The molecule has 4 aromatic rings. The van der Waals surface area contributed by atoms with Gasteiger partial charge < -0.3 is 9.73 Å². The fourth-order valence-corrected chi connectivity index (χ4v) is 3.50. The number of benzene rings is 2. The highest BCUT2D eigenvalue weighted by molar-refractivity contribution is 9.10. The van der Waals surface area contributed by atoms with E-state index in [0.717, 1.165) is 15.4 Å². The molecule has 6 heteroatoms. The Kier molecular flexibility index (Phi) is 6.00. The van der Waals surface area contributed by atoms with Gasteiger partial charge in [0.1, 0.15) is 17.0 Å². The molecule has 0 saturated heterocycles. The predicted molar refractivity (Wildman–Crippen MR) is 127 cm³/mol. The molecule has 2 aromatic carbocycles. The number of amides is 1. The molecular formula is C25H22BrN3O2. The van der Waals surface area contributed by atoms with Gasteiger partial charge in [-0.05, 0) is 66.4 Å². The van der Waals surface area contributed by atoms with Crippen LogP contribution >= 0.6 is 15.9 Å². The van der Waals surface area contributed by atoms with Crippen LogP contribution in [0.3, 0.4) is 0 Å². The smallest absolute Gasteiger partial charge is 0.262 e. The molecule has 4 rings (SSSR count). The molecule has 0 spiro atoms. The van der Waals surface area contributed by atoms with Crippen molar-refractivity contribution >= 4 is 44.3 Å². The maximum Gasteiger partial charge on any atom is 0.262 e. The number of hydrogen-bond donors (Lipinski definition) is 1. The van der Waals surface area contributed by atoms with Gasteiger partial charge in [-0.25, -0.2) is 9.98 Å². The van der Waals surface area contributed by atoms with E-state index in [1.54, 1.807) is 18.3 Å². The van der Waals surface area contributed by atoms with Crippen LogP contribution in [-0.4, -0.2) is 10.9 Å². The van der Waals surface area contributed by atoms with Crippen molar-refractivity contribution in [3.63, 3.8) is 0 Å².